The third kappa shape index (κ3) is 3.49. The molecule has 4 rings (SSSR count). The van der Waals surface area contributed by atoms with E-state index in [1.54, 1.807) is 18.7 Å². The van der Waals surface area contributed by atoms with Crippen LogP contribution in [0.3, 0.4) is 0 Å². The summed E-state index contributed by atoms with van der Waals surface area (Å²) < 4.78 is 2.03. The van der Waals surface area contributed by atoms with Crippen LogP contribution in [0.2, 0.25) is 0 Å². The highest BCUT2D eigenvalue weighted by molar-refractivity contribution is 5.78. The number of carbonyl (C=O) groups is 1. The molecule has 0 saturated carbocycles. The number of pyridine rings is 1. The molecule has 1 amide bonds. The van der Waals surface area contributed by atoms with Crippen LogP contribution in [0.25, 0.3) is 5.69 Å². The van der Waals surface area contributed by atoms with Crippen molar-refractivity contribution in [1.29, 1.82) is 0 Å². The van der Waals surface area contributed by atoms with Crippen molar-refractivity contribution >= 4 is 5.91 Å². The molecule has 26 heavy (non-hydrogen) atoms. The predicted molar refractivity (Wildman–Crippen MR) is 97.9 cm³/mol. The van der Waals surface area contributed by atoms with Crippen LogP contribution in [-0.4, -0.2) is 43.6 Å². The predicted octanol–water partition coefficient (Wildman–Crippen LogP) is 2.61. The Kier molecular flexibility index (Phi) is 4.73. The zero-order valence-electron chi connectivity index (χ0n) is 14.5. The van der Waals surface area contributed by atoms with Crippen LogP contribution in [0, 0.1) is 0 Å². The molecular formula is C20H21N5O. The molecule has 1 atom stereocenters. The lowest BCUT2D eigenvalue weighted by molar-refractivity contribution is -0.131. The first-order valence-electron chi connectivity index (χ1n) is 8.93. The van der Waals surface area contributed by atoms with Crippen molar-refractivity contribution in [3.8, 4) is 5.69 Å². The topological polar surface area (TPSA) is 63.9 Å². The van der Waals surface area contributed by atoms with E-state index in [2.05, 4.69) is 15.2 Å². The molecule has 1 aromatic carbocycles. The van der Waals surface area contributed by atoms with Crippen molar-refractivity contribution in [1.82, 2.24) is 24.6 Å². The standard InChI is InChI=1S/C20H21N5O/c26-19(12-16-6-4-10-21-13-16)24-11-5-7-17(14-24)20-23-22-15-25(20)18-8-2-1-3-9-18/h1-4,6,8-10,13,15,17H,5,7,11-12,14H2/t17-/m0/s1. The van der Waals surface area contributed by atoms with Crippen molar-refractivity contribution in [2.45, 2.75) is 25.2 Å². The van der Waals surface area contributed by atoms with E-state index in [1.165, 1.54) is 0 Å². The molecule has 6 heteroatoms. The number of hydrogen-bond acceptors (Lipinski definition) is 4. The van der Waals surface area contributed by atoms with Crippen molar-refractivity contribution in [2.24, 2.45) is 0 Å². The second-order valence-electron chi connectivity index (χ2n) is 6.61. The molecule has 0 radical (unpaired) electrons. The van der Waals surface area contributed by atoms with Gasteiger partial charge < -0.3 is 4.90 Å². The minimum atomic E-state index is 0.147. The number of amides is 1. The smallest absolute Gasteiger partial charge is 0.227 e. The first kappa shape index (κ1) is 16.4. The fraction of sp³-hybridized carbons (Fsp3) is 0.300. The second-order valence-corrected chi connectivity index (χ2v) is 6.61. The number of para-hydroxylation sites is 1. The number of hydrogen-bond donors (Lipinski definition) is 0. The molecule has 3 heterocycles. The Labute approximate surface area is 152 Å². The van der Waals surface area contributed by atoms with Crippen LogP contribution in [0.1, 0.15) is 30.1 Å². The fourth-order valence-electron chi connectivity index (χ4n) is 3.51. The summed E-state index contributed by atoms with van der Waals surface area (Å²) in [7, 11) is 0. The molecule has 0 bridgehead atoms. The minimum Gasteiger partial charge on any atom is -0.342 e. The molecule has 0 spiro atoms. The molecule has 3 aromatic rings. The van der Waals surface area contributed by atoms with E-state index in [0.717, 1.165) is 36.5 Å². The fourth-order valence-corrected chi connectivity index (χ4v) is 3.51. The summed E-state index contributed by atoms with van der Waals surface area (Å²) in [5.41, 5.74) is 2.00. The molecule has 0 aliphatic carbocycles. The number of piperidine rings is 1. The van der Waals surface area contributed by atoms with Gasteiger partial charge in [-0.3, -0.25) is 14.3 Å². The van der Waals surface area contributed by atoms with Gasteiger partial charge in [0.2, 0.25) is 5.91 Å². The number of likely N-dealkylation sites (tertiary alicyclic amines) is 1. The first-order valence-corrected chi connectivity index (χ1v) is 8.93. The lowest BCUT2D eigenvalue weighted by atomic mass is 9.96. The summed E-state index contributed by atoms with van der Waals surface area (Å²) in [6.45, 7) is 1.49. The Balaban J connectivity index is 1.49. The zero-order valence-corrected chi connectivity index (χ0v) is 14.5. The minimum absolute atomic E-state index is 0.147. The largest absolute Gasteiger partial charge is 0.342 e. The monoisotopic (exact) mass is 347 g/mol. The number of benzene rings is 1. The zero-order chi connectivity index (χ0) is 17.8. The molecular weight excluding hydrogens is 326 g/mol. The third-order valence-corrected chi connectivity index (χ3v) is 4.83. The number of carbonyl (C=O) groups excluding carboxylic acids is 1. The van der Waals surface area contributed by atoms with E-state index in [0.29, 0.717) is 13.0 Å². The molecule has 0 N–H and O–H groups in total. The van der Waals surface area contributed by atoms with Gasteiger partial charge in [0.1, 0.15) is 12.2 Å². The highest BCUT2D eigenvalue weighted by Gasteiger charge is 2.28. The molecule has 132 valence electrons. The summed E-state index contributed by atoms with van der Waals surface area (Å²) in [6, 6.07) is 13.9. The summed E-state index contributed by atoms with van der Waals surface area (Å²) in [4.78, 5) is 18.7. The lowest BCUT2D eigenvalue weighted by Crippen LogP contribution is -2.40. The van der Waals surface area contributed by atoms with Crippen LogP contribution in [0.15, 0.2) is 61.2 Å². The maximum atomic E-state index is 12.7. The second kappa shape index (κ2) is 7.47. The Morgan fingerprint density at radius 1 is 1.15 bits per heavy atom. The molecule has 0 unspecified atom stereocenters. The van der Waals surface area contributed by atoms with E-state index < -0.39 is 0 Å². The third-order valence-electron chi connectivity index (χ3n) is 4.83. The molecule has 1 aliphatic rings. The van der Waals surface area contributed by atoms with Gasteiger partial charge in [-0.2, -0.15) is 0 Å². The Morgan fingerprint density at radius 2 is 2.04 bits per heavy atom. The van der Waals surface area contributed by atoms with Crippen molar-refractivity contribution in [2.75, 3.05) is 13.1 Å². The highest BCUT2D eigenvalue weighted by atomic mass is 16.2. The van der Waals surface area contributed by atoms with Crippen LogP contribution in [0.5, 0.6) is 0 Å². The quantitative estimate of drug-likeness (QED) is 0.728. The molecule has 2 aromatic heterocycles. The normalized spacial score (nSPS) is 17.2. The number of nitrogens with zero attached hydrogens (tertiary/aromatic N) is 5. The van der Waals surface area contributed by atoms with E-state index in [-0.39, 0.29) is 11.8 Å². The van der Waals surface area contributed by atoms with Gasteiger partial charge in [0.15, 0.2) is 0 Å². The summed E-state index contributed by atoms with van der Waals surface area (Å²) >= 11 is 0. The van der Waals surface area contributed by atoms with Crippen LogP contribution >= 0.6 is 0 Å². The first-order chi connectivity index (χ1) is 12.8. The van der Waals surface area contributed by atoms with Gasteiger partial charge in [-0.15, -0.1) is 10.2 Å². The van der Waals surface area contributed by atoms with Gasteiger partial charge in [0, 0.05) is 37.1 Å². The lowest BCUT2D eigenvalue weighted by Gasteiger charge is -2.32. The highest BCUT2D eigenvalue weighted by Crippen LogP contribution is 2.27. The van der Waals surface area contributed by atoms with Gasteiger partial charge in [0.05, 0.1) is 6.42 Å². The maximum absolute atomic E-state index is 12.7. The van der Waals surface area contributed by atoms with Crippen LogP contribution in [-0.2, 0) is 11.2 Å². The SMILES string of the molecule is O=C(Cc1cccnc1)N1CCC[C@H](c2nncn2-c2ccccc2)C1. The Bertz CT molecular complexity index is 862. The van der Waals surface area contributed by atoms with Gasteiger partial charge in [0.25, 0.3) is 0 Å². The van der Waals surface area contributed by atoms with Gasteiger partial charge >= 0.3 is 0 Å². The van der Waals surface area contributed by atoms with Crippen molar-refractivity contribution in [3.05, 3.63) is 72.6 Å². The van der Waals surface area contributed by atoms with Gasteiger partial charge in [-0.1, -0.05) is 24.3 Å². The molecule has 1 saturated heterocycles. The maximum Gasteiger partial charge on any atom is 0.227 e. The van der Waals surface area contributed by atoms with Crippen LogP contribution in [0.4, 0.5) is 0 Å². The summed E-state index contributed by atoms with van der Waals surface area (Å²) in [5, 5.41) is 8.47. The summed E-state index contributed by atoms with van der Waals surface area (Å²) in [5.74, 6) is 1.27. The average molecular weight is 347 g/mol. The molecule has 1 fully saturated rings. The van der Waals surface area contributed by atoms with E-state index in [1.807, 2.05) is 51.9 Å². The number of rotatable bonds is 4. The molecule has 6 nitrogen and oxygen atoms in total. The molecule has 1 aliphatic heterocycles. The van der Waals surface area contributed by atoms with E-state index in [4.69, 9.17) is 0 Å². The average Bonchev–Trinajstić information content (AvgIpc) is 3.19. The van der Waals surface area contributed by atoms with E-state index >= 15 is 0 Å². The van der Waals surface area contributed by atoms with Crippen molar-refractivity contribution < 1.29 is 4.79 Å². The van der Waals surface area contributed by atoms with Gasteiger partial charge in [-0.05, 0) is 36.6 Å². The van der Waals surface area contributed by atoms with Gasteiger partial charge in [-0.25, -0.2) is 0 Å². The van der Waals surface area contributed by atoms with Crippen LogP contribution < -0.4 is 0 Å². The Hall–Kier alpha value is -3.02. The van der Waals surface area contributed by atoms with E-state index in [9.17, 15) is 4.79 Å². The summed E-state index contributed by atoms with van der Waals surface area (Å²) in [6.07, 6.45) is 7.62. The number of aromatic nitrogens is 4. The Morgan fingerprint density at radius 3 is 2.85 bits per heavy atom. The van der Waals surface area contributed by atoms with Crippen molar-refractivity contribution in [3.63, 3.8) is 0 Å².